The molecule has 0 aromatic carbocycles. The van der Waals surface area contributed by atoms with Gasteiger partial charge < -0.3 is 9.67 Å². The van der Waals surface area contributed by atoms with Crippen LogP contribution < -0.4 is 0 Å². The van der Waals surface area contributed by atoms with Crippen LogP contribution in [0.2, 0.25) is 0 Å². The molecule has 18 heavy (non-hydrogen) atoms. The molecule has 1 heterocycles. The van der Waals surface area contributed by atoms with E-state index in [0.717, 1.165) is 19.3 Å². The number of aliphatic hydroxyl groups excluding tert-OH is 1. The molecule has 2 heteroatoms. The molecule has 1 aliphatic rings. The predicted octanol–water partition coefficient (Wildman–Crippen LogP) is 4.31. The second-order valence-electron chi connectivity index (χ2n) is 5.81. The Labute approximate surface area is 111 Å². The molecule has 2 rings (SSSR count). The van der Waals surface area contributed by atoms with Crippen LogP contribution in [0.1, 0.15) is 81.5 Å². The summed E-state index contributed by atoms with van der Waals surface area (Å²) in [6, 6.07) is 2.78. The van der Waals surface area contributed by atoms with E-state index in [4.69, 9.17) is 0 Å². The zero-order valence-corrected chi connectivity index (χ0v) is 12.1. The van der Waals surface area contributed by atoms with Gasteiger partial charge in [-0.2, -0.15) is 0 Å². The summed E-state index contributed by atoms with van der Waals surface area (Å²) in [6.07, 6.45) is 8.15. The molecule has 0 amide bonds. The van der Waals surface area contributed by atoms with Crippen LogP contribution >= 0.6 is 0 Å². The molecule has 2 unspecified atom stereocenters. The molecule has 0 aliphatic heterocycles. The van der Waals surface area contributed by atoms with Gasteiger partial charge in [-0.3, -0.25) is 0 Å². The summed E-state index contributed by atoms with van der Waals surface area (Å²) in [5, 5.41) is 10.1. The summed E-state index contributed by atoms with van der Waals surface area (Å²) < 4.78 is 2.48. The van der Waals surface area contributed by atoms with E-state index in [1.54, 1.807) is 0 Å². The van der Waals surface area contributed by atoms with Gasteiger partial charge >= 0.3 is 0 Å². The molecule has 0 radical (unpaired) electrons. The standard InChI is InChI=1S/C16H27NO/c1-4-5-6-8-12(2)17-13(3)11-14-15(17)9-7-10-16(14)18/h11-12,16,18H,4-10H2,1-3H3. The van der Waals surface area contributed by atoms with Crippen LogP contribution in [0.15, 0.2) is 6.07 Å². The lowest BCUT2D eigenvalue weighted by molar-refractivity contribution is 0.155. The van der Waals surface area contributed by atoms with E-state index < -0.39 is 0 Å². The first-order valence-corrected chi connectivity index (χ1v) is 7.53. The minimum Gasteiger partial charge on any atom is -0.388 e. The van der Waals surface area contributed by atoms with Gasteiger partial charge in [0.05, 0.1) is 6.10 Å². The molecule has 0 spiro atoms. The maximum atomic E-state index is 10.1. The van der Waals surface area contributed by atoms with E-state index in [1.807, 2.05) is 0 Å². The number of aryl methyl sites for hydroxylation is 1. The van der Waals surface area contributed by atoms with Crippen LogP contribution in [0.25, 0.3) is 0 Å². The van der Waals surface area contributed by atoms with Crippen molar-refractivity contribution in [3.05, 3.63) is 23.0 Å². The second kappa shape index (κ2) is 5.92. The first-order valence-electron chi connectivity index (χ1n) is 7.53. The SMILES string of the molecule is CCCCCC(C)n1c(C)cc2c1CCCC2O. The van der Waals surface area contributed by atoms with Gasteiger partial charge in [0, 0.05) is 23.0 Å². The fraction of sp³-hybridized carbons (Fsp3) is 0.750. The third-order valence-corrected chi connectivity index (χ3v) is 4.28. The average molecular weight is 249 g/mol. The van der Waals surface area contributed by atoms with Crippen molar-refractivity contribution >= 4 is 0 Å². The molecule has 0 saturated carbocycles. The fourth-order valence-electron chi connectivity index (χ4n) is 3.33. The molecule has 2 nitrogen and oxygen atoms in total. The number of hydrogen-bond acceptors (Lipinski definition) is 1. The van der Waals surface area contributed by atoms with Crippen molar-refractivity contribution < 1.29 is 5.11 Å². The molecule has 2 atom stereocenters. The maximum Gasteiger partial charge on any atom is 0.0807 e. The quantitative estimate of drug-likeness (QED) is 0.773. The maximum absolute atomic E-state index is 10.1. The summed E-state index contributed by atoms with van der Waals surface area (Å²) in [7, 11) is 0. The van der Waals surface area contributed by atoms with Gasteiger partial charge in [0.25, 0.3) is 0 Å². The average Bonchev–Trinajstić information content (AvgIpc) is 2.67. The molecule has 1 aromatic heterocycles. The van der Waals surface area contributed by atoms with Crippen molar-refractivity contribution in [2.75, 3.05) is 0 Å². The number of unbranched alkanes of at least 4 members (excludes halogenated alkanes) is 2. The monoisotopic (exact) mass is 249 g/mol. The third kappa shape index (κ3) is 2.64. The molecule has 1 aromatic rings. The smallest absolute Gasteiger partial charge is 0.0807 e. The first-order chi connectivity index (χ1) is 8.65. The summed E-state index contributed by atoms with van der Waals surface area (Å²) in [4.78, 5) is 0. The van der Waals surface area contributed by atoms with E-state index in [9.17, 15) is 5.11 Å². The zero-order valence-electron chi connectivity index (χ0n) is 12.1. The van der Waals surface area contributed by atoms with Gasteiger partial charge in [-0.15, -0.1) is 0 Å². The highest BCUT2D eigenvalue weighted by Gasteiger charge is 2.24. The highest BCUT2D eigenvalue weighted by Crippen LogP contribution is 2.34. The molecule has 1 aliphatic carbocycles. The Morgan fingerprint density at radius 3 is 2.94 bits per heavy atom. The van der Waals surface area contributed by atoms with E-state index in [-0.39, 0.29) is 6.10 Å². The molecular formula is C16H27NO. The van der Waals surface area contributed by atoms with E-state index in [2.05, 4.69) is 31.4 Å². The van der Waals surface area contributed by atoms with E-state index in [0.29, 0.717) is 6.04 Å². The Morgan fingerprint density at radius 2 is 2.22 bits per heavy atom. The molecule has 0 bridgehead atoms. The van der Waals surface area contributed by atoms with Crippen LogP contribution in [0, 0.1) is 6.92 Å². The molecular weight excluding hydrogens is 222 g/mol. The third-order valence-electron chi connectivity index (χ3n) is 4.28. The van der Waals surface area contributed by atoms with Crippen LogP contribution in [0.3, 0.4) is 0 Å². The predicted molar refractivity (Wildman–Crippen MR) is 75.9 cm³/mol. The van der Waals surface area contributed by atoms with E-state index >= 15 is 0 Å². The number of aliphatic hydroxyl groups is 1. The van der Waals surface area contributed by atoms with Crippen molar-refractivity contribution in [3.63, 3.8) is 0 Å². The number of hydrogen-bond donors (Lipinski definition) is 1. The molecule has 0 fully saturated rings. The Morgan fingerprint density at radius 1 is 1.44 bits per heavy atom. The largest absolute Gasteiger partial charge is 0.388 e. The minimum absolute atomic E-state index is 0.225. The van der Waals surface area contributed by atoms with Crippen molar-refractivity contribution in [2.24, 2.45) is 0 Å². The molecule has 102 valence electrons. The van der Waals surface area contributed by atoms with Crippen LogP contribution in [-0.4, -0.2) is 9.67 Å². The van der Waals surface area contributed by atoms with Gasteiger partial charge in [-0.1, -0.05) is 26.2 Å². The van der Waals surface area contributed by atoms with Gasteiger partial charge in [-0.25, -0.2) is 0 Å². The summed E-state index contributed by atoms with van der Waals surface area (Å²) in [5.41, 5.74) is 3.92. The lowest BCUT2D eigenvalue weighted by Crippen LogP contribution is -2.15. The summed E-state index contributed by atoms with van der Waals surface area (Å²) in [5.74, 6) is 0. The lowest BCUT2D eigenvalue weighted by Gasteiger charge is -2.24. The van der Waals surface area contributed by atoms with Gasteiger partial charge in [0.1, 0.15) is 0 Å². The van der Waals surface area contributed by atoms with Gasteiger partial charge in [0.15, 0.2) is 0 Å². The summed E-state index contributed by atoms with van der Waals surface area (Å²) >= 11 is 0. The Balaban J connectivity index is 2.17. The topological polar surface area (TPSA) is 25.2 Å². The number of fused-ring (bicyclic) bond motifs is 1. The van der Waals surface area contributed by atoms with Crippen molar-refractivity contribution in [1.82, 2.24) is 4.57 Å². The normalized spacial score (nSPS) is 20.8. The van der Waals surface area contributed by atoms with E-state index in [1.165, 1.54) is 42.6 Å². The minimum atomic E-state index is -0.225. The van der Waals surface area contributed by atoms with Crippen molar-refractivity contribution in [3.8, 4) is 0 Å². The zero-order chi connectivity index (χ0) is 13.1. The second-order valence-corrected chi connectivity index (χ2v) is 5.81. The molecule has 1 N–H and O–H groups in total. The Bertz CT molecular complexity index is 394. The van der Waals surface area contributed by atoms with Crippen LogP contribution in [-0.2, 0) is 6.42 Å². The van der Waals surface area contributed by atoms with Crippen molar-refractivity contribution in [1.29, 1.82) is 0 Å². The Kier molecular flexibility index (Phi) is 4.50. The van der Waals surface area contributed by atoms with Crippen LogP contribution in [0.5, 0.6) is 0 Å². The van der Waals surface area contributed by atoms with Crippen molar-refractivity contribution in [2.45, 2.75) is 77.9 Å². The van der Waals surface area contributed by atoms with Crippen LogP contribution in [0.4, 0.5) is 0 Å². The lowest BCUT2D eigenvalue weighted by atomic mass is 9.95. The van der Waals surface area contributed by atoms with Gasteiger partial charge in [0.2, 0.25) is 0 Å². The first kappa shape index (κ1) is 13.7. The highest BCUT2D eigenvalue weighted by molar-refractivity contribution is 5.32. The fourth-order valence-corrected chi connectivity index (χ4v) is 3.33. The van der Waals surface area contributed by atoms with Gasteiger partial charge in [-0.05, 0) is 45.6 Å². The highest BCUT2D eigenvalue weighted by atomic mass is 16.3. The number of nitrogens with zero attached hydrogens (tertiary/aromatic N) is 1. The summed E-state index contributed by atoms with van der Waals surface area (Å²) in [6.45, 7) is 6.76. The Hall–Kier alpha value is -0.760. The molecule has 0 saturated heterocycles. The number of aromatic nitrogens is 1. The number of rotatable bonds is 5.